The standard InChI is InChI=1S/C24H25NO5/c1-28-17-6-4-5-14(9-17)16-10-19-24(20(26)11-16)18(13-23(27)25-19)15-7-8-21(29-2)22(12-15)30-3/h4-9,12,16,18H,10-11,13H2,1-3H3,(H,25,27)/t16-,18+/m0/s1. The molecular weight excluding hydrogens is 382 g/mol. The first kappa shape index (κ1) is 20.0. The van der Waals surface area contributed by atoms with Crippen molar-refractivity contribution in [1.29, 1.82) is 0 Å². The van der Waals surface area contributed by atoms with Crippen molar-refractivity contribution in [2.24, 2.45) is 0 Å². The summed E-state index contributed by atoms with van der Waals surface area (Å²) >= 11 is 0. The van der Waals surface area contributed by atoms with Gasteiger partial charge in [0.1, 0.15) is 5.75 Å². The molecule has 6 nitrogen and oxygen atoms in total. The first-order valence-electron chi connectivity index (χ1n) is 9.96. The second-order valence-electron chi connectivity index (χ2n) is 7.62. The quantitative estimate of drug-likeness (QED) is 0.818. The molecule has 1 aliphatic heterocycles. The summed E-state index contributed by atoms with van der Waals surface area (Å²) in [5, 5.41) is 2.96. The van der Waals surface area contributed by atoms with E-state index in [1.807, 2.05) is 42.5 Å². The number of methoxy groups -OCH3 is 3. The van der Waals surface area contributed by atoms with Gasteiger partial charge in [0.05, 0.1) is 21.3 Å². The Balaban J connectivity index is 1.70. The molecule has 2 aliphatic rings. The van der Waals surface area contributed by atoms with E-state index in [2.05, 4.69) is 5.32 Å². The van der Waals surface area contributed by atoms with Crippen LogP contribution in [0.15, 0.2) is 53.7 Å². The molecule has 0 bridgehead atoms. The van der Waals surface area contributed by atoms with Crippen molar-refractivity contribution < 1.29 is 23.8 Å². The Bertz CT molecular complexity index is 1030. The van der Waals surface area contributed by atoms with Crippen LogP contribution in [0.5, 0.6) is 17.2 Å². The van der Waals surface area contributed by atoms with E-state index in [-0.39, 0.29) is 29.9 Å². The minimum absolute atomic E-state index is 0.0100. The summed E-state index contributed by atoms with van der Waals surface area (Å²) in [6.45, 7) is 0. The minimum Gasteiger partial charge on any atom is -0.497 e. The van der Waals surface area contributed by atoms with Gasteiger partial charge in [-0.25, -0.2) is 0 Å². The van der Waals surface area contributed by atoms with Crippen LogP contribution in [0.3, 0.4) is 0 Å². The Morgan fingerprint density at radius 2 is 1.63 bits per heavy atom. The van der Waals surface area contributed by atoms with Crippen LogP contribution in [0, 0.1) is 0 Å². The van der Waals surface area contributed by atoms with Gasteiger partial charge < -0.3 is 19.5 Å². The van der Waals surface area contributed by atoms with Gasteiger partial charge in [-0.1, -0.05) is 18.2 Å². The number of carbonyl (C=O) groups excluding carboxylic acids is 2. The third-order valence-electron chi connectivity index (χ3n) is 5.91. The zero-order chi connectivity index (χ0) is 21.3. The van der Waals surface area contributed by atoms with Crippen LogP contribution >= 0.6 is 0 Å². The molecule has 1 heterocycles. The third-order valence-corrected chi connectivity index (χ3v) is 5.91. The van der Waals surface area contributed by atoms with Crippen molar-refractivity contribution in [3.05, 3.63) is 64.9 Å². The lowest BCUT2D eigenvalue weighted by atomic mass is 9.73. The normalized spacial score (nSPS) is 21.0. The molecule has 1 amide bonds. The average Bonchev–Trinajstić information content (AvgIpc) is 2.77. The fourth-order valence-electron chi connectivity index (χ4n) is 4.45. The van der Waals surface area contributed by atoms with E-state index in [0.717, 1.165) is 22.6 Å². The van der Waals surface area contributed by atoms with Crippen molar-refractivity contribution >= 4 is 11.7 Å². The molecule has 1 N–H and O–H groups in total. The van der Waals surface area contributed by atoms with Crippen LogP contribution in [-0.2, 0) is 9.59 Å². The molecule has 2 aromatic carbocycles. The van der Waals surface area contributed by atoms with Crippen LogP contribution in [0.25, 0.3) is 0 Å². The number of amides is 1. The van der Waals surface area contributed by atoms with Gasteiger partial charge in [0.2, 0.25) is 5.91 Å². The number of ether oxygens (including phenoxy) is 3. The second kappa shape index (κ2) is 8.22. The monoisotopic (exact) mass is 407 g/mol. The predicted molar refractivity (Wildman–Crippen MR) is 112 cm³/mol. The molecule has 0 fully saturated rings. The highest BCUT2D eigenvalue weighted by molar-refractivity contribution is 6.02. The number of rotatable bonds is 5. The van der Waals surface area contributed by atoms with E-state index >= 15 is 0 Å². The molecule has 0 saturated heterocycles. The van der Waals surface area contributed by atoms with E-state index in [0.29, 0.717) is 29.9 Å². The first-order chi connectivity index (χ1) is 14.5. The molecule has 1 aliphatic carbocycles. The zero-order valence-electron chi connectivity index (χ0n) is 17.4. The summed E-state index contributed by atoms with van der Waals surface area (Å²) in [5.74, 6) is 1.68. The van der Waals surface area contributed by atoms with Crippen molar-refractivity contribution in [2.45, 2.75) is 31.1 Å². The maximum Gasteiger partial charge on any atom is 0.225 e. The number of Topliss-reactive ketones (excluding diaryl/α,β-unsaturated/α-hetero) is 1. The number of hydrogen-bond donors (Lipinski definition) is 1. The van der Waals surface area contributed by atoms with Gasteiger partial charge in [0, 0.05) is 30.0 Å². The lowest BCUT2D eigenvalue weighted by Crippen LogP contribution is -2.38. The maximum absolute atomic E-state index is 13.2. The van der Waals surface area contributed by atoms with Crippen molar-refractivity contribution in [1.82, 2.24) is 5.32 Å². The van der Waals surface area contributed by atoms with Crippen LogP contribution in [0.4, 0.5) is 0 Å². The van der Waals surface area contributed by atoms with Gasteiger partial charge in [-0.05, 0) is 47.7 Å². The Morgan fingerprint density at radius 3 is 2.37 bits per heavy atom. The Morgan fingerprint density at radius 1 is 0.833 bits per heavy atom. The number of ketones is 1. The van der Waals surface area contributed by atoms with E-state index < -0.39 is 0 Å². The Hall–Kier alpha value is -3.28. The van der Waals surface area contributed by atoms with Crippen molar-refractivity contribution in [3.63, 3.8) is 0 Å². The van der Waals surface area contributed by atoms with E-state index in [1.54, 1.807) is 21.3 Å². The number of hydrogen-bond acceptors (Lipinski definition) is 5. The topological polar surface area (TPSA) is 73.9 Å². The molecule has 0 unspecified atom stereocenters. The molecular formula is C24H25NO5. The number of benzene rings is 2. The van der Waals surface area contributed by atoms with Gasteiger partial charge in [0.15, 0.2) is 17.3 Å². The Labute approximate surface area is 175 Å². The summed E-state index contributed by atoms with van der Waals surface area (Å²) in [5.41, 5.74) is 3.36. The van der Waals surface area contributed by atoms with Crippen molar-refractivity contribution in [3.8, 4) is 17.2 Å². The molecule has 2 aromatic rings. The lowest BCUT2D eigenvalue weighted by Gasteiger charge is -2.34. The van der Waals surface area contributed by atoms with E-state index in [9.17, 15) is 9.59 Å². The number of nitrogens with one attached hydrogen (secondary N) is 1. The maximum atomic E-state index is 13.2. The molecule has 4 rings (SSSR count). The molecule has 0 spiro atoms. The summed E-state index contributed by atoms with van der Waals surface area (Å²) in [7, 11) is 4.78. The van der Waals surface area contributed by atoms with Gasteiger partial charge in [-0.2, -0.15) is 0 Å². The van der Waals surface area contributed by atoms with E-state index in [1.165, 1.54) is 0 Å². The highest BCUT2D eigenvalue weighted by Gasteiger charge is 2.38. The van der Waals surface area contributed by atoms with Crippen LogP contribution in [-0.4, -0.2) is 33.0 Å². The van der Waals surface area contributed by atoms with E-state index in [4.69, 9.17) is 14.2 Å². The predicted octanol–water partition coefficient (Wildman–Crippen LogP) is 3.72. The van der Waals surface area contributed by atoms with Gasteiger partial charge in [-0.3, -0.25) is 9.59 Å². The molecule has 156 valence electrons. The summed E-state index contributed by atoms with van der Waals surface area (Å²) in [6.07, 6.45) is 1.26. The fourth-order valence-corrected chi connectivity index (χ4v) is 4.45. The third kappa shape index (κ3) is 3.65. The Kier molecular flexibility index (Phi) is 5.48. The average molecular weight is 407 g/mol. The summed E-state index contributed by atoms with van der Waals surface area (Å²) in [6, 6.07) is 13.3. The SMILES string of the molecule is COc1cccc([C@@H]2CC(=O)C3=C(C2)NC(=O)C[C@@H]3c2ccc(OC)c(OC)c2)c1. The summed E-state index contributed by atoms with van der Waals surface area (Å²) in [4.78, 5) is 25.7. The van der Waals surface area contributed by atoms with Crippen LogP contribution in [0.1, 0.15) is 42.2 Å². The highest BCUT2D eigenvalue weighted by Crippen LogP contribution is 2.44. The fraction of sp³-hybridized carbons (Fsp3) is 0.333. The molecule has 0 saturated carbocycles. The van der Waals surface area contributed by atoms with Crippen LogP contribution in [0.2, 0.25) is 0 Å². The largest absolute Gasteiger partial charge is 0.497 e. The molecule has 30 heavy (non-hydrogen) atoms. The first-order valence-corrected chi connectivity index (χ1v) is 9.96. The highest BCUT2D eigenvalue weighted by atomic mass is 16.5. The van der Waals surface area contributed by atoms with Gasteiger partial charge in [-0.15, -0.1) is 0 Å². The number of allylic oxidation sites excluding steroid dienone is 2. The summed E-state index contributed by atoms with van der Waals surface area (Å²) < 4.78 is 16.1. The molecule has 0 aromatic heterocycles. The van der Waals surface area contributed by atoms with Crippen LogP contribution < -0.4 is 19.5 Å². The molecule has 6 heteroatoms. The molecule has 0 radical (unpaired) electrons. The smallest absolute Gasteiger partial charge is 0.225 e. The lowest BCUT2D eigenvalue weighted by molar-refractivity contribution is -0.122. The zero-order valence-corrected chi connectivity index (χ0v) is 17.4. The van der Waals surface area contributed by atoms with Crippen molar-refractivity contribution in [2.75, 3.05) is 21.3 Å². The minimum atomic E-state index is -0.285. The van der Waals surface area contributed by atoms with Gasteiger partial charge >= 0.3 is 0 Å². The van der Waals surface area contributed by atoms with Gasteiger partial charge in [0.25, 0.3) is 0 Å². The molecule has 2 atom stereocenters. The second-order valence-corrected chi connectivity index (χ2v) is 7.62. The number of carbonyl (C=O) groups is 2.